The first-order valence-electron chi connectivity index (χ1n) is 6.81. The van der Waals surface area contributed by atoms with Crippen LogP contribution in [0.2, 0.25) is 5.02 Å². The van der Waals surface area contributed by atoms with Gasteiger partial charge in [-0.2, -0.15) is 0 Å². The predicted molar refractivity (Wildman–Crippen MR) is 93.8 cm³/mol. The number of halogens is 2. The van der Waals surface area contributed by atoms with Crippen LogP contribution in [0.1, 0.15) is 4.88 Å². The second-order valence-electron chi connectivity index (χ2n) is 4.85. The van der Waals surface area contributed by atoms with E-state index in [9.17, 15) is 0 Å². The number of anilines is 2. The smallest absolute Gasteiger partial charge is 0.0660 e. The summed E-state index contributed by atoms with van der Waals surface area (Å²) in [5.41, 5.74) is 2.13. The number of benzene rings is 1. The molecule has 1 aromatic heterocycles. The minimum absolute atomic E-state index is 0.767. The van der Waals surface area contributed by atoms with E-state index in [4.69, 9.17) is 16.3 Å². The van der Waals surface area contributed by atoms with Gasteiger partial charge in [0, 0.05) is 40.1 Å². The fourth-order valence-corrected chi connectivity index (χ4v) is 4.00. The lowest BCUT2D eigenvalue weighted by Crippen LogP contribution is -2.36. The second-order valence-corrected chi connectivity index (χ2v) is 7.17. The maximum Gasteiger partial charge on any atom is 0.0660 e. The third-order valence-electron chi connectivity index (χ3n) is 3.39. The Labute approximate surface area is 142 Å². The van der Waals surface area contributed by atoms with Gasteiger partial charge >= 0.3 is 0 Å². The molecule has 6 heteroatoms. The molecule has 21 heavy (non-hydrogen) atoms. The van der Waals surface area contributed by atoms with Gasteiger partial charge in [0.2, 0.25) is 0 Å². The van der Waals surface area contributed by atoms with Crippen molar-refractivity contribution in [1.82, 2.24) is 0 Å². The van der Waals surface area contributed by atoms with Crippen LogP contribution in [-0.4, -0.2) is 26.3 Å². The lowest BCUT2D eigenvalue weighted by atomic mass is 10.2. The highest BCUT2D eigenvalue weighted by Gasteiger charge is 2.14. The highest BCUT2D eigenvalue weighted by atomic mass is 79.9. The average Bonchev–Trinajstić information content (AvgIpc) is 2.92. The lowest BCUT2D eigenvalue weighted by molar-refractivity contribution is 0.122. The fraction of sp³-hybridized carbons (Fsp3) is 0.333. The number of rotatable bonds is 4. The molecule has 0 atom stereocenters. The quantitative estimate of drug-likeness (QED) is 0.829. The summed E-state index contributed by atoms with van der Waals surface area (Å²) in [5, 5.41) is 6.28. The Morgan fingerprint density at radius 1 is 1.29 bits per heavy atom. The van der Waals surface area contributed by atoms with Crippen molar-refractivity contribution in [1.29, 1.82) is 0 Å². The first kappa shape index (κ1) is 15.2. The Morgan fingerprint density at radius 2 is 2.10 bits per heavy atom. The summed E-state index contributed by atoms with van der Waals surface area (Å²) < 4.78 is 6.50. The summed E-state index contributed by atoms with van der Waals surface area (Å²) in [7, 11) is 0. The topological polar surface area (TPSA) is 24.5 Å². The lowest BCUT2D eigenvalue weighted by Gasteiger charge is -2.29. The number of nitrogens with zero attached hydrogens (tertiary/aromatic N) is 1. The van der Waals surface area contributed by atoms with Crippen LogP contribution in [0.5, 0.6) is 0 Å². The van der Waals surface area contributed by atoms with Gasteiger partial charge < -0.3 is 15.0 Å². The first-order chi connectivity index (χ1) is 10.2. The Morgan fingerprint density at radius 3 is 2.76 bits per heavy atom. The van der Waals surface area contributed by atoms with Gasteiger partial charge in [-0.15, -0.1) is 11.3 Å². The van der Waals surface area contributed by atoms with Crippen molar-refractivity contribution in [2.24, 2.45) is 0 Å². The van der Waals surface area contributed by atoms with Gasteiger partial charge in [0.1, 0.15) is 0 Å². The summed E-state index contributed by atoms with van der Waals surface area (Å²) in [6.45, 7) is 4.14. The van der Waals surface area contributed by atoms with Gasteiger partial charge in [-0.3, -0.25) is 0 Å². The van der Waals surface area contributed by atoms with E-state index in [0.717, 1.165) is 53.7 Å². The molecule has 0 unspecified atom stereocenters. The van der Waals surface area contributed by atoms with Crippen LogP contribution in [0, 0.1) is 0 Å². The molecule has 1 saturated heterocycles. The molecule has 1 fully saturated rings. The van der Waals surface area contributed by atoms with Gasteiger partial charge in [-0.05, 0) is 40.2 Å². The van der Waals surface area contributed by atoms with Crippen molar-refractivity contribution in [3.8, 4) is 0 Å². The third-order valence-corrected chi connectivity index (χ3v) is 5.39. The van der Waals surface area contributed by atoms with Crippen molar-refractivity contribution < 1.29 is 4.74 Å². The first-order valence-corrected chi connectivity index (χ1v) is 8.86. The number of hydrogen-bond acceptors (Lipinski definition) is 4. The molecule has 0 saturated carbocycles. The average molecular weight is 388 g/mol. The zero-order valence-electron chi connectivity index (χ0n) is 11.4. The van der Waals surface area contributed by atoms with Gasteiger partial charge in [0.15, 0.2) is 0 Å². The van der Waals surface area contributed by atoms with Crippen molar-refractivity contribution in [3.05, 3.63) is 44.0 Å². The fourth-order valence-electron chi connectivity index (χ4n) is 2.31. The molecule has 112 valence electrons. The number of morpholine rings is 1. The van der Waals surface area contributed by atoms with E-state index in [1.54, 1.807) is 11.3 Å². The van der Waals surface area contributed by atoms with Crippen LogP contribution in [0.4, 0.5) is 11.4 Å². The van der Waals surface area contributed by atoms with Gasteiger partial charge in [-0.25, -0.2) is 0 Å². The molecule has 0 aliphatic carbocycles. The van der Waals surface area contributed by atoms with E-state index in [2.05, 4.69) is 49.7 Å². The van der Waals surface area contributed by atoms with Gasteiger partial charge in [0.25, 0.3) is 0 Å². The monoisotopic (exact) mass is 386 g/mol. The van der Waals surface area contributed by atoms with Crippen molar-refractivity contribution in [2.75, 3.05) is 36.5 Å². The minimum atomic E-state index is 0.767. The van der Waals surface area contributed by atoms with Gasteiger partial charge in [0.05, 0.1) is 23.9 Å². The number of hydrogen-bond donors (Lipinski definition) is 1. The van der Waals surface area contributed by atoms with Crippen molar-refractivity contribution >= 4 is 50.2 Å². The van der Waals surface area contributed by atoms with Gasteiger partial charge in [-0.1, -0.05) is 11.6 Å². The normalized spacial score (nSPS) is 15.2. The molecule has 3 rings (SSSR count). The number of ether oxygens (including phenoxy) is 1. The molecule has 1 aliphatic rings. The molecule has 0 bridgehead atoms. The van der Waals surface area contributed by atoms with Crippen LogP contribution >= 0.6 is 38.9 Å². The maximum atomic E-state index is 6.42. The Bertz CT molecular complexity index is 613. The van der Waals surface area contributed by atoms with E-state index < -0.39 is 0 Å². The molecular formula is C15H16BrClN2OS. The van der Waals surface area contributed by atoms with Crippen LogP contribution in [0.15, 0.2) is 34.1 Å². The van der Waals surface area contributed by atoms with E-state index in [1.807, 2.05) is 6.07 Å². The van der Waals surface area contributed by atoms with E-state index in [1.165, 1.54) is 4.88 Å². The second kappa shape index (κ2) is 7.01. The maximum absolute atomic E-state index is 6.42. The minimum Gasteiger partial charge on any atom is -0.380 e. The molecule has 1 aromatic carbocycles. The third kappa shape index (κ3) is 3.92. The predicted octanol–water partition coefficient (Wildman–Crippen LogP) is 4.61. The number of thiophene rings is 1. The molecule has 1 aliphatic heterocycles. The molecule has 2 aromatic rings. The van der Waals surface area contributed by atoms with E-state index in [-0.39, 0.29) is 0 Å². The molecule has 0 spiro atoms. The highest BCUT2D eigenvalue weighted by Crippen LogP contribution is 2.30. The molecule has 0 radical (unpaired) electrons. The molecular weight excluding hydrogens is 372 g/mol. The zero-order chi connectivity index (χ0) is 14.7. The van der Waals surface area contributed by atoms with E-state index in [0.29, 0.717) is 0 Å². The zero-order valence-corrected chi connectivity index (χ0v) is 14.6. The van der Waals surface area contributed by atoms with Crippen LogP contribution in [0.25, 0.3) is 0 Å². The summed E-state index contributed by atoms with van der Waals surface area (Å²) in [5.74, 6) is 0. The molecule has 0 amide bonds. The largest absolute Gasteiger partial charge is 0.380 e. The Hall–Kier alpha value is -0.750. The summed E-state index contributed by atoms with van der Waals surface area (Å²) in [6.07, 6.45) is 0. The van der Waals surface area contributed by atoms with Crippen molar-refractivity contribution in [2.45, 2.75) is 6.54 Å². The molecule has 1 N–H and O–H groups in total. The van der Waals surface area contributed by atoms with Crippen molar-refractivity contribution in [3.63, 3.8) is 0 Å². The summed E-state index contributed by atoms with van der Waals surface area (Å²) in [4.78, 5) is 3.56. The standard InChI is InChI=1S/C15H16BrClN2OS/c16-11-7-13(21-10-11)9-18-12-1-2-15(14(17)8-12)19-3-5-20-6-4-19/h1-2,7-8,10,18H,3-6,9H2. The summed E-state index contributed by atoms with van der Waals surface area (Å²) >= 11 is 11.6. The molecule has 3 nitrogen and oxygen atoms in total. The van der Waals surface area contributed by atoms with Crippen LogP contribution in [0.3, 0.4) is 0 Å². The van der Waals surface area contributed by atoms with Crippen LogP contribution < -0.4 is 10.2 Å². The Balaban J connectivity index is 1.65. The Kier molecular flexibility index (Phi) is 5.06. The van der Waals surface area contributed by atoms with E-state index >= 15 is 0 Å². The highest BCUT2D eigenvalue weighted by molar-refractivity contribution is 9.10. The summed E-state index contributed by atoms with van der Waals surface area (Å²) in [6, 6.07) is 8.29. The van der Waals surface area contributed by atoms with Crippen LogP contribution in [-0.2, 0) is 11.3 Å². The number of nitrogens with one attached hydrogen (secondary N) is 1. The SMILES string of the molecule is Clc1cc(NCc2cc(Br)cs2)ccc1N1CCOCC1. The molecule has 2 heterocycles.